The molecule has 0 aliphatic heterocycles. The third-order valence-corrected chi connectivity index (χ3v) is 4.12. The molecule has 0 saturated carbocycles. The molecule has 1 heterocycles. The smallest absolute Gasteiger partial charge is 0.422 e. The Morgan fingerprint density at radius 2 is 1.69 bits per heavy atom. The molecule has 1 amide bonds. The summed E-state index contributed by atoms with van der Waals surface area (Å²) in [5.74, 6) is -1.44. The fourth-order valence-corrected chi connectivity index (χ4v) is 2.68. The Morgan fingerprint density at radius 1 is 1.00 bits per heavy atom. The third kappa shape index (κ3) is 8.64. The highest BCUT2D eigenvalue weighted by Gasteiger charge is 2.31. The lowest BCUT2D eigenvalue weighted by Gasteiger charge is -2.24. The molecule has 5 nitrogen and oxygen atoms in total. The van der Waals surface area contributed by atoms with Crippen molar-refractivity contribution in [1.29, 1.82) is 0 Å². The molecule has 1 aromatic heterocycles. The van der Waals surface area contributed by atoms with Gasteiger partial charge in [-0.05, 0) is 36.8 Å². The normalized spacial score (nSPS) is 11.8. The quantitative estimate of drug-likeness (QED) is 0.442. The minimum absolute atomic E-state index is 0.0615. The van der Waals surface area contributed by atoms with Gasteiger partial charge in [-0.3, -0.25) is 9.78 Å². The van der Waals surface area contributed by atoms with Crippen LogP contribution in [0.2, 0.25) is 0 Å². The number of carbonyl (C=O) groups excluding carboxylic acids is 1. The van der Waals surface area contributed by atoms with Crippen LogP contribution in [0.25, 0.3) is 0 Å². The standard InChI is InChI=1S/C21H22F6N2O3/c1-2-3-10-29(12-15-6-4-5-9-28-15)19(30)17-11-16(31-13-20(22,23)24)7-8-18(17)32-14-21(25,26)27/h4-9,11H,2-3,10,12-14H2,1H3. The monoisotopic (exact) mass is 464 g/mol. The maximum absolute atomic E-state index is 13.2. The van der Waals surface area contributed by atoms with Crippen LogP contribution in [0, 0.1) is 0 Å². The number of unbranched alkanes of at least 4 members (excludes halogenated alkanes) is 1. The van der Waals surface area contributed by atoms with Crippen molar-refractivity contribution in [2.24, 2.45) is 0 Å². The minimum Gasteiger partial charge on any atom is -0.484 e. The van der Waals surface area contributed by atoms with Crippen molar-refractivity contribution in [3.8, 4) is 11.5 Å². The van der Waals surface area contributed by atoms with Crippen LogP contribution in [0.15, 0.2) is 42.6 Å². The number of halogens is 6. The highest BCUT2D eigenvalue weighted by atomic mass is 19.4. The topological polar surface area (TPSA) is 51.7 Å². The molecule has 0 N–H and O–H groups in total. The zero-order valence-electron chi connectivity index (χ0n) is 17.2. The summed E-state index contributed by atoms with van der Waals surface area (Å²) < 4.78 is 84.8. The van der Waals surface area contributed by atoms with Crippen LogP contribution in [-0.2, 0) is 6.54 Å². The maximum atomic E-state index is 13.2. The van der Waals surface area contributed by atoms with Gasteiger partial charge in [0, 0.05) is 12.7 Å². The van der Waals surface area contributed by atoms with E-state index in [1.165, 1.54) is 11.1 Å². The molecule has 1 aromatic carbocycles. The van der Waals surface area contributed by atoms with E-state index in [1.807, 2.05) is 6.92 Å². The number of aromatic nitrogens is 1. The van der Waals surface area contributed by atoms with Crippen molar-refractivity contribution in [3.05, 3.63) is 53.9 Å². The molecule has 0 bridgehead atoms. The Hall–Kier alpha value is -2.98. The number of carbonyl (C=O) groups is 1. The van der Waals surface area contributed by atoms with Crippen LogP contribution in [0.3, 0.4) is 0 Å². The van der Waals surface area contributed by atoms with Crippen LogP contribution in [0.1, 0.15) is 35.8 Å². The van der Waals surface area contributed by atoms with Crippen molar-refractivity contribution in [2.45, 2.75) is 38.7 Å². The molecule has 32 heavy (non-hydrogen) atoms. The van der Waals surface area contributed by atoms with E-state index in [0.717, 1.165) is 24.6 Å². The Labute approximate surface area is 180 Å². The third-order valence-electron chi connectivity index (χ3n) is 4.12. The molecule has 0 fully saturated rings. The number of amides is 1. The van der Waals surface area contributed by atoms with Gasteiger partial charge in [-0.15, -0.1) is 0 Å². The van der Waals surface area contributed by atoms with Crippen molar-refractivity contribution in [1.82, 2.24) is 9.88 Å². The van der Waals surface area contributed by atoms with Gasteiger partial charge in [-0.1, -0.05) is 19.4 Å². The fourth-order valence-electron chi connectivity index (χ4n) is 2.68. The van der Waals surface area contributed by atoms with E-state index < -0.39 is 37.2 Å². The second-order valence-corrected chi connectivity index (χ2v) is 6.87. The molecule has 0 unspecified atom stereocenters. The molecular formula is C21H22F6N2O3. The molecule has 0 atom stereocenters. The number of hydrogen-bond acceptors (Lipinski definition) is 4. The average molecular weight is 464 g/mol. The first-order valence-electron chi connectivity index (χ1n) is 9.71. The van der Waals surface area contributed by atoms with E-state index in [0.29, 0.717) is 12.1 Å². The van der Waals surface area contributed by atoms with Gasteiger partial charge in [-0.2, -0.15) is 26.3 Å². The summed E-state index contributed by atoms with van der Waals surface area (Å²) in [6, 6.07) is 8.04. The summed E-state index contributed by atoms with van der Waals surface area (Å²) in [5.41, 5.74) is 0.208. The van der Waals surface area contributed by atoms with Gasteiger partial charge in [0.1, 0.15) is 11.5 Å². The van der Waals surface area contributed by atoms with Gasteiger partial charge >= 0.3 is 12.4 Å². The first-order chi connectivity index (χ1) is 15.0. The largest absolute Gasteiger partial charge is 0.484 e. The fraction of sp³-hybridized carbons (Fsp3) is 0.429. The molecule has 2 aromatic rings. The predicted octanol–water partition coefficient (Wildman–Crippen LogP) is 5.41. The first kappa shape index (κ1) is 25.3. The van der Waals surface area contributed by atoms with Crippen LogP contribution in [0.5, 0.6) is 11.5 Å². The van der Waals surface area contributed by atoms with Gasteiger partial charge in [-0.25, -0.2) is 0 Å². The van der Waals surface area contributed by atoms with Crippen molar-refractivity contribution in [2.75, 3.05) is 19.8 Å². The van der Waals surface area contributed by atoms with E-state index in [-0.39, 0.29) is 24.4 Å². The van der Waals surface area contributed by atoms with E-state index in [4.69, 9.17) is 4.74 Å². The van der Waals surface area contributed by atoms with E-state index in [9.17, 15) is 31.1 Å². The summed E-state index contributed by atoms with van der Waals surface area (Å²) in [7, 11) is 0. The number of ether oxygens (including phenoxy) is 2. The minimum atomic E-state index is -4.67. The lowest BCUT2D eigenvalue weighted by molar-refractivity contribution is -0.154. The van der Waals surface area contributed by atoms with Crippen LogP contribution < -0.4 is 9.47 Å². The second kappa shape index (κ2) is 11.1. The van der Waals surface area contributed by atoms with Crippen molar-refractivity contribution >= 4 is 5.91 Å². The lowest BCUT2D eigenvalue weighted by Crippen LogP contribution is -2.32. The SMILES string of the molecule is CCCCN(Cc1ccccn1)C(=O)c1cc(OCC(F)(F)F)ccc1OCC(F)(F)F. The number of nitrogens with zero attached hydrogens (tertiary/aromatic N) is 2. The molecule has 0 radical (unpaired) electrons. The Balaban J connectivity index is 2.36. The van der Waals surface area contributed by atoms with Crippen molar-refractivity contribution < 1.29 is 40.6 Å². The average Bonchev–Trinajstić information content (AvgIpc) is 2.73. The number of alkyl halides is 6. The summed E-state index contributed by atoms with van der Waals surface area (Å²) >= 11 is 0. The zero-order chi connectivity index (χ0) is 23.8. The lowest BCUT2D eigenvalue weighted by atomic mass is 10.1. The Kier molecular flexibility index (Phi) is 8.73. The zero-order valence-corrected chi connectivity index (χ0v) is 17.2. The molecule has 11 heteroatoms. The number of rotatable bonds is 10. The number of hydrogen-bond donors (Lipinski definition) is 0. The van der Waals surface area contributed by atoms with Gasteiger partial charge in [0.2, 0.25) is 0 Å². The second-order valence-electron chi connectivity index (χ2n) is 6.87. The molecule has 0 spiro atoms. The van der Waals surface area contributed by atoms with Crippen LogP contribution in [0.4, 0.5) is 26.3 Å². The van der Waals surface area contributed by atoms with E-state index >= 15 is 0 Å². The van der Waals surface area contributed by atoms with Crippen LogP contribution >= 0.6 is 0 Å². The Bertz CT molecular complexity index is 872. The molecule has 0 aliphatic carbocycles. The first-order valence-corrected chi connectivity index (χ1v) is 9.71. The molecule has 176 valence electrons. The van der Waals surface area contributed by atoms with Crippen LogP contribution in [-0.4, -0.2) is 47.9 Å². The molecular weight excluding hydrogens is 442 g/mol. The summed E-state index contributed by atoms with van der Waals surface area (Å²) in [5, 5.41) is 0. The maximum Gasteiger partial charge on any atom is 0.422 e. The predicted molar refractivity (Wildman–Crippen MR) is 103 cm³/mol. The summed E-state index contributed by atoms with van der Waals surface area (Å²) in [4.78, 5) is 18.7. The number of benzene rings is 1. The summed E-state index contributed by atoms with van der Waals surface area (Å²) in [6.07, 6.45) is -6.43. The highest BCUT2D eigenvalue weighted by Crippen LogP contribution is 2.29. The number of pyridine rings is 1. The van der Waals surface area contributed by atoms with Gasteiger partial charge in [0.15, 0.2) is 13.2 Å². The highest BCUT2D eigenvalue weighted by molar-refractivity contribution is 5.97. The molecule has 0 saturated heterocycles. The van der Waals surface area contributed by atoms with E-state index in [1.54, 1.807) is 18.2 Å². The van der Waals surface area contributed by atoms with Gasteiger partial charge in [0.05, 0.1) is 17.8 Å². The van der Waals surface area contributed by atoms with E-state index in [2.05, 4.69) is 9.72 Å². The molecule has 0 aliphatic rings. The van der Waals surface area contributed by atoms with Gasteiger partial charge < -0.3 is 14.4 Å². The molecule has 2 rings (SSSR count). The Morgan fingerprint density at radius 3 is 2.28 bits per heavy atom. The summed E-state index contributed by atoms with van der Waals surface area (Å²) in [6.45, 7) is -1.06. The van der Waals surface area contributed by atoms with Crippen molar-refractivity contribution in [3.63, 3.8) is 0 Å². The van der Waals surface area contributed by atoms with Gasteiger partial charge in [0.25, 0.3) is 5.91 Å².